The lowest BCUT2D eigenvalue weighted by atomic mass is 9.85. The van der Waals surface area contributed by atoms with Gasteiger partial charge < -0.3 is 15.1 Å². The zero-order valence-electron chi connectivity index (χ0n) is 16.6. The monoisotopic (exact) mass is 413 g/mol. The molecule has 1 amide bonds. The number of carbonyl (C=O) groups is 2. The third-order valence-corrected chi connectivity index (χ3v) is 5.34. The average molecular weight is 414 g/mol. The SMILES string of the molecule is CC(C)(C)c1ccc(C2/C(=C(/O)c3ccc(Cl)cc3)C(=O)C(=O)N2CCO)cc1. The van der Waals surface area contributed by atoms with Crippen molar-refractivity contribution in [2.24, 2.45) is 0 Å². The highest BCUT2D eigenvalue weighted by molar-refractivity contribution is 6.46. The van der Waals surface area contributed by atoms with Crippen LogP contribution in [0, 0.1) is 0 Å². The molecule has 5 nitrogen and oxygen atoms in total. The molecule has 1 heterocycles. The highest BCUT2D eigenvalue weighted by Gasteiger charge is 2.45. The van der Waals surface area contributed by atoms with E-state index in [0.29, 0.717) is 16.1 Å². The molecular weight excluding hydrogens is 390 g/mol. The molecule has 6 heteroatoms. The van der Waals surface area contributed by atoms with Gasteiger partial charge in [0, 0.05) is 17.1 Å². The fourth-order valence-corrected chi connectivity index (χ4v) is 3.62. The number of ketones is 1. The highest BCUT2D eigenvalue weighted by atomic mass is 35.5. The summed E-state index contributed by atoms with van der Waals surface area (Å²) < 4.78 is 0. The number of likely N-dealkylation sites (tertiary alicyclic amines) is 1. The molecule has 0 aliphatic carbocycles. The van der Waals surface area contributed by atoms with Crippen LogP contribution in [-0.4, -0.2) is 40.0 Å². The van der Waals surface area contributed by atoms with Gasteiger partial charge in [-0.1, -0.05) is 56.6 Å². The lowest BCUT2D eigenvalue weighted by Crippen LogP contribution is -2.32. The van der Waals surface area contributed by atoms with Crippen molar-refractivity contribution >= 4 is 29.1 Å². The zero-order chi connectivity index (χ0) is 21.3. The van der Waals surface area contributed by atoms with E-state index >= 15 is 0 Å². The van der Waals surface area contributed by atoms with Crippen LogP contribution >= 0.6 is 11.6 Å². The molecule has 2 N–H and O–H groups in total. The van der Waals surface area contributed by atoms with E-state index in [9.17, 15) is 19.8 Å². The maximum Gasteiger partial charge on any atom is 0.295 e. The average Bonchev–Trinajstić information content (AvgIpc) is 2.93. The maximum atomic E-state index is 12.8. The van der Waals surface area contributed by atoms with Crippen LogP contribution in [0.1, 0.15) is 43.5 Å². The van der Waals surface area contributed by atoms with Crippen molar-refractivity contribution in [1.82, 2.24) is 4.90 Å². The number of amides is 1. The van der Waals surface area contributed by atoms with Crippen molar-refractivity contribution in [3.05, 3.63) is 75.8 Å². The van der Waals surface area contributed by atoms with Crippen LogP contribution in [0.25, 0.3) is 5.76 Å². The summed E-state index contributed by atoms with van der Waals surface area (Å²) in [5, 5.41) is 20.8. The molecule has 0 saturated carbocycles. The minimum atomic E-state index is -0.771. The molecule has 0 spiro atoms. The molecule has 3 rings (SSSR count). The van der Waals surface area contributed by atoms with Crippen molar-refractivity contribution in [2.75, 3.05) is 13.2 Å². The number of benzene rings is 2. The topological polar surface area (TPSA) is 77.8 Å². The fourth-order valence-electron chi connectivity index (χ4n) is 3.49. The third kappa shape index (κ3) is 4.07. The largest absolute Gasteiger partial charge is 0.507 e. The summed E-state index contributed by atoms with van der Waals surface area (Å²) in [5.74, 6) is -1.76. The van der Waals surface area contributed by atoms with Gasteiger partial charge in [-0.05, 0) is 40.8 Å². The summed E-state index contributed by atoms with van der Waals surface area (Å²) in [5.41, 5.74) is 2.16. The third-order valence-electron chi connectivity index (χ3n) is 5.09. The first kappa shape index (κ1) is 21.1. The van der Waals surface area contributed by atoms with Gasteiger partial charge in [0.2, 0.25) is 0 Å². The van der Waals surface area contributed by atoms with Crippen molar-refractivity contribution in [2.45, 2.75) is 32.2 Å². The number of β-amino-alcohol motifs (C(OH)–C–C–N with tert-alkyl or cyclic N) is 1. The first-order valence-corrected chi connectivity index (χ1v) is 9.78. The predicted molar refractivity (Wildman–Crippen MR) is 113 cm³/mol. The summed E-state index contributed by atoms with van der Waals surface area (Å²) in [6.07, 6.45) is 0. The predicted octanol–water partition coefficient (Wildman–Crippen LogP) is 4.05. The molecule has 0 radical (unpaired) electrons. The molecule has 0 aromatic heterocycles. The zero-order valence-corrected chi connectivity index (χ0v) is 17.4. The molecule has 1 fully saturated rings. The molecular formula is C23H24ClNO4. The van der Waals surface area contributed by atoms with Gasteiger partial charge in [-0.3, -0.25) is 9.59 Å². The molecule has 1 atom stereocenters. The van der Waals surface area contributed by atoms with E-state index < -0.39 is 17.7 Å². The summed E-state index contributed by atoms with van der Waals surface area (Å²) in [4.78, 5) is 26.7. The number of carbonyl (C=O) groups excluding carboxylic acids is 2. The summed E-state index contributed by atoms with van der Waals surface area (Å²) in [6, 6.07) is 13.3. The first-order valence-electron chi connectivity index (χ1n) is 9.41. The van der Waals surface area contributed by atoms with E-state index in [-0.39, 0.29) is 29.9 Å². The standard InChI is InChI=1S/C23H24ClNO4/c1-23(2,3)16-8-4-14(5-9-16)19-18(21(28)22(29)25(19)12-13-26)20(27)15-6-10-17(24)11-7-15/h4-11,19,26-27H,12-13H2,1-3H3/b20-18-. The van der Waals surface area contributed by atoms with E-state index in [1.165, 1.54) is 4.90 Å². The van der Waals surface area contributed by atoms with Crippen LogP contribution in [0.3, 0.4) is 0 Å². The van der Waals surface area contributed by atoms with Gasteiger partial charge in [-0.25, -0.2) is 0 Å². The van der Waals surface area contributed by atoms with Crippen LogP contribution in [0.15, 0.2) is 54.1 Å². The normalized spacial score (nSPS) is 19.1. The molecule has 2 aromatic rings. The number of aliphatic hydroxyl groups excluding tert-OH is 2. The Morgan fingerprint density at radius 2 is 1.62 bits per heavy atom. The second kappa shape index (κ2) is 8.01. The minimum absolute atomic E-state index is 0.00629. The number of aliphatic hydroxyl groups is 2. The second-order valence-corrected chi connectivity index (χ2v) is 8.53. The summed E-state index contributed by atoms with van der Waals surface area (Å²) in [6.45, 7) is 6.00. The Labute approximate surface area is 175 Å². The Morgan fingerprint density at radius 1 is 1.03 bits per heavy atom. The smallest absolute Gasteiger partial charge is 0.295 e. The van der Waals surface area contributed by atoms with Gasteiger partial charge in [-0.15, -0.1) is 0 Å². The van der Waals surface area contributed by atoms with E-state index in [2.05, 4.69) is 20.8 Å². The lowest BCUT2D eigenvalue weighted by Gasteiger charge is -2.26. The number of hydrogen-bond acceptors (Lipinski definition) is 4. The molecule has 1 unspecified atom stereocenters. The van der Waals surface area contributed by atoms with Gasteiger partial charge in [0.1, 0.15) is 5.76 Å². The molecule has 2 aromatic carbocycles. The highest BCUT2D eigenvalue weighted by Crippen LogP contribution is 2.39. The molecule has 1 saturated heterocycles. The van der Waals surface area contributed by atoms with Crippen LogP contribution in [0.5, 0.6) is 0 Å². The molecule has 1 aliphatic rings. The van der Waals surface area contributed by atoms with Crippen molar-refractivity contribution < 1.29 is 19.8 Å². The van der Waals surface area contributed by atoms with Crippen LogP contribution in [-0.2, 0) is 15.0 Å². The minimum Gasteiger partial charge on any atom is -0.507 e. The van der Waals surface area contributed by atoms with E-state index in [1.807, 2.05) is 24.3 Å². The number of nitrogens with zero attached hydrogens (tertiary/aromatic N) is 1. The number of rotatable bonds is 4. The first-order chi connectivity index (χ1) is 13.6. The van der Waals surface area contributed by atoms with Crippen LogP contribution in [0.2, 0.25) is 5.02 Å². The second-order valence-electron chi connectivity index (χ2n) is 8.09. The van der Waals surface area contributed by atoms with Crippen molar-refractivity contribution in [1.29, 1.82) is 0 Å². The van der Waals surface area contributed by atoms with E-state index in [4.69, 9.17) is 11.6 Å². The van der Waals surface area contributed by atoms with E-state index in [1.54, 1.807) is 24.3 Å². The molecule has 29 heavy (non-hydrogen) atoms. The Morgan fingerprint density at radius 3 is 2.14 bits per heavy atom. The van der Waals surface area contributed by atoms with E-state index in [0.717, 1.165) is 5.56 Å². The fraction of sp³-hybridized carbons (Fsp3) is 0.304. The Bertz CT molecular complexity index is 956. The molecule has 1 aliphatic heterocycles. The van der Waals surface area contributed by atoms with Gasteiger partial charge >= 0.3 is 0 Å². The van der Waals surface area contributed by atoms with Crippen molar-refractivity contribution in [3.8, 4) is 0 Å². The lowest BCUT2D eigenvalue weighted by molar-refractivity contribution is -0.140. The van der Waals surface area contributed by atoms with Gasteiger partial charge in [-0.2, -0.15) is 0 Å². The Hall–Kier alpha value is -2.63. The van der Waals surface area contributed by atoms with Crippen molar-refractivity contribution in [3.63, 3.8) is 0 Å². The Balaban J connectivity index is 2.14. The van der Waals surface area contributed by atoms with Crippen LogP contribution in [0.4, 0.5) is 0 Å². The number of hydrogen-bond donors (Lipinski definition) is 2. The van der Waals surface area contributed by atoms with Crippen LogP contribution < -0.4 is 0 Å². The number of halogens is 1. The molecule has 152 valence electrons. The van der Waals surface area contributed by atoms with Gasteiger partial charge in [0.05, 0.1) is 18.2 Å². The quantitative estimate of drug-likeness (QED) is 0.450. The van der Waals surface area contributed by atoms with Gasteiger partial charge in [0.15, 0.2) is 0 Å². The number of Topliss-reactive ketones (excluding diaryl/α,β-unsaturated/α-hetero) is 1. The molecule has 0 bridgehead atoms. The van der Waals surface area contributed by atoms with Gasteiger partial charge in [0.25, 0.3) is 11.7 Å². The Kier molecular flexibility index (Phi) is 5.82. The summed E-state index contributed by atoms with van der Waals surface area (Å²) >= 11 is 5.91. The maximum absolute atomic E-state index is 12.8. The summed E-state index contributed by atoms with van der Waals surface area (Å²) in [7, 11) is 0.